The molecule has 2 aromatic carbocycles. The molecule has 0 aliphatic carbocycles. The standard InChI is InChI=1S/C19H23N3O2/c1-4-18(23)21-16-10-9-14(3)17(11-16)22-19(24)20-12-15-8-6-5-7-13(15)2/h5-11H,4,12H2,1-3H3,(H,21,23)(H2,20,22,24). The Bertz CT molecular complexity index is 741. The highest BCUT2D eigenvalue weighted by atomic mass is 16.2. The lowest BCUT2D eigenvalue weighted by Crippen LogP contribution is -2.28. The quantitative estimate of drug-likeness (QED) is 0.778. The van der Waals surface area contributed by atoms with Crippen LogP contribution in [0.4, 0.5) is 16.2 Å². The lowest BCUT2D eigenvalue weighted by molar-refractivity contribution is -0.115. The SMILES string of the molecule is CCC(=O)Nc1ccc(C)c(NC(=O)NCc2ccccc2C)c1. The molecule has 0 spiro atoms. The molecule has 0 atom stereocenters. The molecule has 3 N–H and O–H groups in total. The highest BCUT2D eigenvalue weighted by Crippen LogP contribution is 2.20. The van der Waals surface area contributed by atoms with Crippen LogP contribution in [0.25, 0.3) is 0 Å². The van der Waals surface area contributed by atoms with Crippen molar-refractivity contribution in [2.75, 3.05) is 10.6 Å². The van der Waals surface area contributed by atoms with Crippen molar-refractivity contribution in [1.29, 1.82) is 0 Å². The van der Waals surface area contributed by atoms with Gasteiger partial charge in [0.25, 0.3) is 0 Å². The highest BCUT2D eigenvalue weighted by Gasteiger charge is 2.07. The first kappa shape index (κ1) is 17.5. The van der Waals surface area contributed by atoms with Crippen LogP contribution in [0.5, 0.6) is 0 Å². The number of aryl methyl sites for hydroxylation is 2. The van der Waals surface area contributed by atoms with Gasteiger partial charge in [-0.2, -0.15) is 0 Å². The van der Waals surface area contributed by atoms with Crippen LogP contribution in [0.15, 0.2) is 42.5 Å². The van der Waals surface area contributed by atoms with Crippen LogP contribution in [0.3, 0.4) is 0 Å². The summed E-state index contributed by atoms with van der Waals surface area (Å²) in [7, 11) is 0. The molecule has 0 fully saturated rings. The molecule has 0 radical (unpaired) electrons. The first-order valence-corrected chi connectivity index (χ1v) is 7.99. The summed E-state index contributed by atoms with van der Waals surface area (Å²) in [6, 6.07) is 13.1. The average molecular weight is 325 g/mol. The van der Waals surface area contributed by atoms with Gasteiger partial charge in [0.05, 0.1) is 0 Å². The van der Waals surface area contributed by atoms with Gasteiger partial charge in [0.15, 0.2) is 0 Å². The van der Waals surface area contributed by atoms with Crippen LogP contribution in [0.1, 0.15) is 30.0 Å². The predicted molar refractivity (Wildman–Crippen MR) is 97.1 cm³/mol. The second kappa shape index (κ2) is 8.15. The molecule has 0 aliphatic rings. The van der Waals surface area contributed by atoms with E-state index in [0.717, 1.165) is 16.7 Å². The zero-order chi connectivity index (χ0) is 17.5. The van der Waals surface area contributed by atoms with E-state index in [0.29, 0.717) is 24.3 Å². The Balaban J connectivity index is 1.99. The van der Waals surface area contributed by atoms with Crippen molar-refractivity contribution in [1.82, 2.24) is 5.32 Å². The van der Waals surface area contributed by atoms with E-state index in [1.165, 1.54) is 0 Å². The third-order valence-electron chi connectivity index (χ3n) is 3.79. The van der Waals surface area contributed by atoms with Crippen LogP contribution in [-0.2, 0) is 11.3 Å². The second-order valence-electron chi connectivity index (χ2n) is 5.67. The van der Waals surface area contributed by atoms with E-state index in [9.17, 15) is 9.59 Å². The van der Waals surface area contributed by atoms with Crippen LogP contribution < -0.4 is 16.0 Å². The number of urea groups is 1. The molecule has 24 heavy (non-hydrogen) atoms. The second-order valence-corrected chi connectivity index (χ2v) is 5.67. The molecule has 126 valence electrons. The Kier molecular flexibility index (Phi) is 5.95. The lowest BCUT2D eigenvalue weighted by Gasteiger charge is -2.13. The maximum absolute atomic E-state index is 12.1. The molecule has 0 saturated heterocycles. The molecule has 0 heterocycles. The minimum absolute atomic E-state index is 0.0613. The monoisotopic (exact) mass is 325 g/mol. The maximum atomic E-state index is 12.1. The van der Waals surface area contributed by atoms with Crippen molar-refractivity contribution < 1.29 is 9.59 Å². The van der Waals surface area contributed by atoms with E-state index in [2.05, 4.69) is 16.0 Å². The topological polar surface area (TPSA) is 70.2 Å². The predicted octanol–water partition coefficient (Wildman–Crippen LogP) is 3.97. The number of nitrogens with one attached hydrogen (secondary N) is 3. The van der Waals surface area contributed by atoms with E-state index in [-0.39, 0.29) is 11.9 Å². The number of carbonyl (C=O) groups excluding carboxylic acids is 2. The van der Waals surface area contributed by atoms with Crippen LogP contribution in [0, 0.1) is 13.8 Å². The summed E-state index contributed by atoms with van der Waals surface area (Å²) in [5, 5.41) is 8.47. The molecular formula is C19H23N3O2. The molecule has 2 aromatic rings. The van der Waals surface area contributed by atoms with Crippen molar-refractivity contribution in [2.24, 2.45) is 0 Å². The van der Waals surface area contributed by atoms with Crippen LogP contribution in [0.2, 0.25) is 0 Å². The van der Waals surface area contributed by atoms with Crippen molar-refractivity contribution in [3.8, 4) is 0 Å². The Morgan fingerprint density at radius 3 is 2.42 bits per heavy atom. The Morgan fingerprint density at radius 2 is 1.71 bits per heavy atom. The van der Waals surface area contributed by atoms with Gasteiger partial charge in [0.2, 0.25) is 5.91 Å². The summed E-state index contributed by atoms with van der Waals surface area (Å²) in [6.45, 7) is 6.17. The van der Waals surface area contributed by atoms with Gasteiger partial charge >= 0.3 is 6.03 Å². The summed E-state index contributed by atoms with van der Waals surface area (Å²) in [5.41, 5.74) is 4.48. The normalized spacial score (nSPS) is 10.1. The van der Waals surface area contributed by atoms with E-state index < -0.39 is 0 Å². The van der Waals surface area contributed by atoms with E-state index in [4.69, 9.17) is 0 Å². The number of benzene rings is 2. The van der Waals surface area contributed by atoms with Gasteiger partial charge in [-0.05, 0) is 42.7 Å². The Labute approximate surface area is 142 Å². The van der Waals surface area contributed by atoms with Gasteiger partial charge in [-0.15, -0.1) is 0 Å². The fourth-order valence-electron chi connectivity index (χ4n) is 2.23. The van der Waals surface area contributed by atoms with Crippen LogP contribution >= 0.6 is 0 Å². The third-order valence-corrected chi connectivity index (χ3v) is 3.79. The Morgan fingerprint density at radius 1 is 0.958 bits per heavy atom. The molecule has 0 saturated carbocycles. The van der Waals surface area contributed by atoms with Crippen molar-refractivity contribution in [2.45, 2.75) is 33.7 Å². The zero-order valence-electron chi connectivity index (χ0n) is 14.3. The third kappa shape index (κ3) is 4.84. The fourth-order valence-corrected chi connectivity index (χ4v) is 2.23. The van der Waals surface area contributed by atoms with Crippen LogP contribution in [-0.4, -0.2) is 11.9 Å². The average Bonchev–Trinajstić information content (AvgIpc) is 2.57. The first-order chi connectivity index (χ1) is 11.5. The number of hydrogen-bond donors (Lipinski definition) is 3. The van der Waals surface area contributed by atoms with Gasteiger partial charge < -0.3 is 16.0 Å². The molecule has 0 aromatic heterocycles. The summed E-state index contributed by atoms with van der Waals surface area (Å²) in [5.74, 6) is -0.0613. The molecule has 5 nitrogen and oxygen atoms in total. The summed E-state index contributed by atoms with van der Waals surface area (Å²) in [4.78, 5) is 23.6. The molecule has 0 bridgehead atoms. The van der Waals surface area contributed by atoms with E-state index in [1.807, 2.05) is 50.2 Å². The molecule has 0 unspecified atom stereocenters. The molecule has 5 heteroatoms. The minimum Gasteiger partial charge on any atom is -0.334 e. The first-order valence-electron chi connectivity index (χ1n) is 7.99. The van der Waals surface area contributed by atoms with Gasteiger partial charge in [-0.1, -0.05) is 37.3 Å². The molecule has 3 amide bonds. The van der Waals surface area contributed by atoms with Crippen molar-refractivity contribution in [3.63, 3.8) is 0 Å². The van der Waals surface area contributed by atoms with Gasteiger partial charge in [-0.3, -0.25) is 4.79 Å². The smallest absolute Gasteiger partial charge is 0.319 e. The number of anilines is 2. The molecule has 2 rings (SSSR count). The summed E-state index contributed by atoms with van der Waals surface area (Å²) < 4.78 is 0. The van der Waals surface area contributed by atoms with Crippen molar-refractivity contribution in [3.05, 3.63) is 59.2 Å². The summed E-state index contributed by atoms with van der Waals surface area (Å²) >= 11 is 0. The van der Waals surface area contributed by atoms with Gasteiger partial charge in [-0.25, -0.2) is 4.79 Å². The largest absolute Gasteiger partial charge is 0.334 e. The van der Waals surface area contributed by atoms with Gasteiger partial charge in [0, 0.05) is 24.3 Å². The number of rotatable bonds is 5. The highest BCUT2D eigenvalue weighted by molar-refractivity contribution is 5.94. The number of hydrogen-bond acceptors (Lipinski definition) is 2. The zero-order valence-corrected chi connectivity index (χ0v) is 14.3. The van der Waals surface area contributed by atoms with Crippen molar-refractivity contribution >= 4 is 23.3 Å². The summed E-state index contributed by atoms with van der Waals surface area (Å²) in [6.07, 6.45) is 0.410. The lowest BCUT2D eigenvalue weighted by atomic mass is 10.1. The number of amides is 3. The fraction of sp³-hybridized carbons (Fsp3) is 0.263. The molecular weight excluding hydrogens is 302 g/mol. The Hall–Kier alpha value is -2.82. The van der Waals surface area contributed by atoms with E-state index in [1.54, 1.807) is 13.0 Å². The minimum atomic E-state index is -0.277. The van der Waals surface area contributed by atoms with Gasteiger partial charge in [0.1, 0.15) is 0 Å². The number of carbonyl (C=O) groups is 2. The molecule has 0 aliphatic heterocycles. The van der Waals surface area contributed by atoms with E-state index >= 15 is 0 Å². The maximum Gasteiger partial charge on any atom is 0.319 e.